The highest BCUT2D eigenvalue weighted by atomic mass is 35.5. The highest BCUT2D eigenvalue weighted by Crippen LogP contribution is 2.29. The maximum Gasteiger partial charge on any atom is 0.0762 e. The summed E-state index contributed by atoms with van der Waals surface area (Å²) < 4.78 is 0. The third-order valence-electron chi connectivity index (χ3n) is 3.03. The number of halogens is 1. The monoisotopic (exact) mass is 276 g/mol. The summed E-state index contributed by atoms with van der Waals surface area (Å²) in [7, 11) is 1.99. The molecule has 4 heteroatoms. The lowest BCUT2D eigenvalue weighted by molar-refractivity contribution is 0.199. The summed E-state index contributed by atoms with van der Waals surface area (Å²) in [6.45, 7) is 2.49. The number of nitrogens with zero attached hydrogens (tertiary/aromatic N) is 2. The lowest BCUT2D eigenvalue weighted by Crippen LogP contribution is -2.16. The Morgan fingerprint density at radius 2 is 1.95 bits per heavy atom. The van der Waals surface area contributed by atoms with Crippen molar-refractivity contribution in [3.8, 4) is 0 Å². The van der Waals surface area contributed by atoms with Crippen molar-refractivity contribution >= 4 is 17.3 Å². The second-order valence-corrected chi connectivity index (χ2v) is 5.01. The van der Waals surface area contributed by atoms with Crippen molar-refractivity contribution < 1.29 is 5.11 Å². The lowest BCUT2D eigenvalue weighted by atomic mass is 10.1. The average Bonchev–Trinajstić information content (AvgIpc) is 2.39. The van der Waals surface area contributed by atoms with E-state index in [4.69, 9.17) is 11.6 Å². The van der Waals surface area contributed by atoms with Crippen molar-refractivity contribution in [1.29, 1.82) is 0 Å². The smallest absolute Gasteiger partial charge is 0.0762 e. The normalized spacial score (nSPS) is 12.2. The average molecular weight is 277 g/mol. The summed E-state index contributed by atoms with van der Waals surface area (Å²) in [5.41, 5.74) is 2.95. The zero-order valence-corrected chi connectivity index (χ0v) is 11.8. The van der Waals surface area contributed by atoms with E-state index in [0.29, 0.717) is 5.02 Å². The van der Waals surface area contributed by atoms with Gasteiger partial charge in [0.2, 0.25) is 0 Å². The van der Waals surface area contributed by atoms with Crippen molar-refractivity contribution in [1.82, 2.24) is 4.98 Å². The van der Waals surface area contributed by atoms with E-state index < -0.39 is 6.10 Å². The number of rotatable bonds is 4. The van der Waals surface area contributed by atoms with Crippen LogP contribution in [0.5, 0.6) is 0 Å². The first-order valence-corrected chi connectivity index (χ1v) is 6.53. The highest BCUT2D eigenvalue weighted by Gasteiger charge is 2.09. The van der Waals surface area contributed by atoms with Gasteiger partial charge in [-0.05, 0) is 42.3 Å². The Bertz CT molecular complexity index is 543. The van der Waals surface area contributed by atoms with E-state index in [2.05, 4.69) is 9.88 Å². The van der Waals surface area contributed by atoms with E-state index in [0.717, 1.165) is 17.8 Å². The van der Waals surface area contributed by atoms with Crippen LogP contribution in [-0.4, -0.2) is 17.1 Å². The summed E-state index contributed by atoms with van der Waals surface area (Å²) in [6, 6.07) is 9.61. The molecule has 0 aliphatic carbocycles. The van der Waals surface area contributed by atoms with Crippen molar-refractivity contribution in [2.24, 2.45) is 0 Å². The van der Waals surface area contributed by atoms with E-state index in [1.54, 1.807) is 19.3 Å². The minimum atomic E-state index is -0.503. The second-order valence-electron chi connectivity index (χ2n) is 4.60. The fourth-order valence-corrected chi connectivity index (χ4v) is 2.27. The van der Waals surface area contributed by atoms with Crippen LogP contribution in [0.4, 0.5) is 5.69 Å². The minimum absolute atomic E-state index is 0.503. The molecule has 100 valence electrons. The van der Waals surface area contributed by atoms with Gasteiger partial charge in [0.1, 0.15) is 0 Å². The molecule has 0 saturated carbocycles. The van der Waals surface area contributed by atoms with E-state index in [1.165, 1.54) is 5.56 Å². The van der Waals surface area contributed by atoms with Crippen molar-refractivity contribution in [3.05, 3.63) is 58.9 Å². The molecule has 1 aromatic heterocycles. The molecule has 0 bridgehead atoms. The molecule has 0 aliphatic heterocycles. The predicted molar refractivity (Wildman–Crippen MR) is 78.4 cm³/mol. The SMILES string of the molecule is CC(O)c1ccc(N(C)Cc2ccncc2)c(Cl)c1. The molecular weight excluding hydrogens is 260 g/mol. The van der Waals surface area contributed by atoms with E-state index in [9.17, 15) is 5.11 Å². The number of benzene rings is 1. The maximum absolute atomic E-state index is 9.53. The maximum atomic E-state index is 9.53. The summed E-state index contributed by atoms with van der Waals surface area (Å²) in [4.78, 5) is 6.07. The van der Waals surface area contributed by atoms with Gasteiger partial charge in [0.05, 0.1) is 16.8 Å². The van der Waals surface area contributed by atoms with Crippen LogP contribution in [0, 0.1) is 0 Å². The van der Waals surface area contributed by atoms with Crippen LogP contribution in [0.15, 0.2) is 42.7 Å². The molecule has 1 N–H and O–H groups in total. The van der Waals surface area contributed by atoms with Gasteiger partial charge in [-0.2, -0.15) is 0 Å². The Labute approximate surface area is 118 Å². The van der Waals surface area contributed by atoms with Gasteiger partial charge >= 0.3 is 0 Å². The zero-order valence-electron chi connectivity index (χ0n) is 11.0. The minimum Gasteiger partial charge on any atom is -0.389 e. The van der Waals surface area contributed by atoms with E-state index >= 15 is 0 Å². The first-order valence-electron chi connectivity index (χ1n) is 6.15. The Morgan fingerprint density at radius 3 is 2.53 bits per heavy atom. The van der Waals surface area contributed by atoms with Crippen LogP contribution in [0.1, 0.15) is 24.2 Å². The molecule has 19 heavy (non-hydrogen) atoms. The number of pyridine rings is 1. The number of hydrogen-bond acceptors (Lipinski definition) is 3. The van der Waals surface area contributed by atoms with Crippen LogP contribution in [0.3, 0.4) is 0 Å². The number of hydrogen-bond donors (Lipinski definition) is 1. The van der Waals surface area contributed by atoms with E-state index in [-0.39, 0.29) is 0 Å². The zero-order chi connectivity index (χ0) is 13.8. The van der Waals surface area contributed by atoms with Gasteiger partial charge < -0.3 is 10.0 Å². The van der Waals surface area contributed by atoms with Gasteiger partial charge in [0.15, 0.2) is 0 Å². The van der Waals surface area contributed by atoms with Gasteiger partial charge in [-0.25, -0.2) is 0 Å². The van der Waals surface area contributed by atoms with Gasteiger partial charge in [-0.15, -0.1) is 0 Å². The van der Waals surface area contributed by atoms with Crippen LogP contribution in [0.25, 0.3) is 0 Å². The summed E-state index contributed by atoms with van der Waals surface area (Å²) in [5, 5.41) is 10.2. The fourth-order valence-electron chi connectivity index (χ4n) is 1.94. The van der Waals surface area contributed by atoms with Gasteiger partial charge in [-0.3, -0.25) is 4.98 Å². The molecule has 1 heterocycles. The number of aliphatic hydroxyl groups excluding tert-OH is 1. The first kappa shape index (κ1) is 13.8. The largest absolute Gasteiger partial charge is 0.389 e. The molecule has 1 unspecified atom stereocenters. The van der Waals surface area contributed by atoms with Crippen molar-refractivity contribution in [2.75, 3.05) is 11.9 Å². The Kier molecular flexibility index (Phi) is 4.40. The number of aliphatic hydroxyl groups is 1. The van der Waals surface area contributed by atoms with Crippen LogP contribution in [-0.2, 0) is 6.54 Å². The molecule has 0 radical (unpaired) electrons. The predicted octanol–water partition coefficient (Wildman–Crippen LogP) is 3.42. The summed E-state index contributed by atoms with van der Waals surface area (Å²) in [5.74, 6) is 0. The molecule has 0 spiro atoms. The third-order valence-corrected chi connectivity index (χ3v) is 3.34. The van der Waals surface area contributed by atoms with Crippen LogP contribution in [0.2, 0.25) is 5.02 Å². The van der Waals surface area contributed by atoms with Crippen LogP contribution < -0.4 is 4.90 Å². The molecule has 0 amide bonds. The quantitative estimate of drug-likeness (QED) is 0.929. The fraction of sp³-hybridized carbons (Fsp3) is 0.267. The Balaban J connectivity index is 2.17. The molecule has 1 aromatic carbocycles. The first-order chi connectivity index (χ1) is 9.08. The molecular formula is C15H17ClN2O. The number of anilines is 1. The standard InChI is InChI=1S/C15H17ClN2O/c1-11(19)13-3-4-15(14(16)9-13)18(2)10-12-5-7-17-8-6-12/h3-9,11,19H,10H2,1-2H3. The number of aromatic nitrogens is 1. The van der Waals surface area contributed by atoms with Crippen molar-refractivity contribution in [2.45, 2.75) is 19.6 Å². The topological polar surface area (TPSA) is 36.4 Å². The Morgan fingerprint density at radius 1 is 1.26 bits per heavy atom. The summed E-state index contributed by atoms with van der Waals surface area (Å²) in [6.07, 6.45) is 3.06. The molecule has 1 atom stereocenters. The van der Waals surface area contributed by atoms with E-state index in [1.807, 2.05) is 37.4 Å². The highest BCUT2D eigenvalue weighted by molar-refractivity contribution is 6.33. The van der Waals surface area contributed by atoms with Gasteiger partial charge in [0, 0.05) is 26.0 Å². The summed E-state index contributed by atoms with van der Waals surface area (Å²) >= 11 is 6.27. The molecule has 2 aromatic rings. The third kappa shape index (κ3) is 3.46. The van der Waals surface area contributed by atoms with Gasteiger partial charge in [-0.1, -0.05) is 17.7 Å². The molecule has 0 fully saturated rings. The molecule has 0 saturated heterocycles. The van der Waals surface area contributed by atoms with Crippen LogP contribution >= 0.6 is 11.6 Å². The lowest BCUT2D eigenvalue weighted by Gasteiger charge is -2.21. The van der Waals surface area contributed by atoms with Crippen molar-refractivity contribution in [3.63, 3.8) is 0 Å². The molecule has 0 aliphatic rings. The molecule has 2 rings (SSSR count). The van der Waals surface area contributed by atoms with Gasteiger partial charge in [0.25, 0.3) is 0 Å². The Hall–Kier alpha value is -1.58. The second kappa shape index (κ2) is 6.04. The molecule has 3 nitrogen and oxygen atoms in total.